The normalized spacial score (nSPS) is 11.4. The maximum absolute atomic E-state index is 11.8. The third kappa shape index (κ3) is 4.71. The van der Waals surface area contributed by atoms with Crippen LogP contribution in [0.1, 0.15) is 48.8 Å². The molecule has 2 aromatic rings. The molecular weight excluding hydrogens is 280 g/mol. The van der Waals surface area contributed by atoms with Crippen LogP contribution >= 0.6 is 11.3 Å². The molecule has 2 rings (SSSR count). The number of hydrogen-bond donors (Lipinski definition) is 0. The molecule has 0 unspecified atom stereocenters. The second-order valence-corrected chi connectivity index (χ2v) is 7.07. The average molecular weight is 302 g/mol. The molecule has 0 fully saturated rings. The van der Waals surface area contributed by atoms with Gasteiger partial charge in [-0.3, -0.25) is 4.79 Å². The van der Waals surface area contributed by atoms with E-state index in [1.54, 1.807) is 0 Å². The number of ether oxygens (including phenoxy) is 1. The summed E-state index contributed by atoms with van der Waals surface area (Å²) in [6.07, 6.45) is 1.29. The lowest BCUT2D eigenvalue weighted by Crippen LogP contribution is -2.10. The van der Waals surface area contributed by atoms with Gasteiger partial charge in [0.05, 0.1) is 11.5 Å². The van der Waals surface area contributed by atoms with Crippen molar-refractivity contribution in [3.63, 3.8) is 0 Å². The van der Waals surface area contributed by atoms with Crippen molar-refractivity contribution in [1.82, 2.24) is 0 Å². The molecule has 0 atom stereocenters. The van der Waals surface area contributed by atoms with Crippen molar-refractivity contribution in [3.05, 3.63) is 52.2 Å². The second-order valence-electron chi connectivity index (χ2n) is 6.13. The Hall–Kier alpha value is -1.61. The SMILES string of the molecule is CC(C)(C)c1ccc(OCCCC(=O)c2cccs2)cc1. The minimum Gasteiger partial charge on any atom is -0.494 e. The molecule has 0 amide bonds. The van der Waals surface area contributed by atoms with E-state index < -0.39 is 0 Å². The van der Waals surface area contributed by atoms with Crippen LogP contribution in [0.3, 0.4) is 0 Å². The predicted octanol–water partition coefficient (Wildman–Crippen LogP) is 5.09. The van der Waals surface area contributed by atoms with Crippen molar-refractivity contribution in [2.75, 3.05) is 6.61 Å². The Morgan fingerprint density at radius 1 is 1.14 bits per heavy atom. The first-order valence-corrected chi connectivity index (χ1v) is 8.15. The molecule has 21 heavy (non-hydrogen) atoms. The van der Waals surface area contributed by atoms with Crippen molar-refractivity contribution in [3.8, 4) is 5.75 Å². The maximum atomic E-state index is 11.8. The summed E-state index contributed by atoms with van der Waals surface area (Å²) < 4.78 is 5.69. The number of carbonyl (C=O) groups is 1. The van der Waals surface area contributed by atoms with E-state index in [9.17, 15) is 4.79 Å². The molecule has 0 bridgehead atoms. The molecule has 1 aromatic carbocycles. The summed E-state index contributed by atoms with van der Waals surface area (Å²) in [7, 11) is 0. The van der Waals surface area contributed by atoms with Crippen molar-refractivity contribution < 1.29 is 9.53 Å². The van der Waals surface area contributed by atoms with Crippen LogP contribution in [0, 0.1) is 0 Å². The van der Waals surface area contributed by atoms with Gasteiger partial charge in [-0.2, -0.15) is 0 Å². The van der Waals surface area contributed by atoms with Gasteiger partial charge in [-0.25, -0.2) is 0 Å². The summed E-state index contributed by atoms with van der Waals surface area (Å²) in [5.41, 5.74) is 1.45. The highest BCUT2D eigenvalue weighted by atomic mass is 32.1. The van der Waals surface area contributed by atoms with E-state index >= 15 is 0 Å². The monoisotopic (exact) mass is 302 g/mol. The minimum absolute atomic E-state index is 0.158. The largest absolute Gasteiger partial charge is 0.494 e. The number of hydrogen-bond acceptors (Lipinski definition) is 3. The van der Waals surface area contributed by atoms with Crippen molar-refractivity contribution >= 4 is 17.1 Å². The standard InChI is InChI=1S/C18H22O2S/c1-18(2,3)14-8-10-15(11-9-14)20-12-4-6-16(19)17-7-5-13-21-17/h5,7-11,13H,4,6,12H2,1-3H3. The van der Waals surface area contributed by atoms with Gasteiger partial charge >= 0.3 is 0 Å². The summed E-state index contributed by atoms with van der Waals surface area (Å²) in [4.78, 5) is 12.7. The molecular formula is C18H22O2S. The van der Waals surface area contributed by atoms with Crippen molar-refractivity contribution in [2.45, 2.75) is 39.0 Å². The Morgan fingerprint density at radius 3 is 2.43 bits per heavy atom. The summed E-state index contributed by atoms with van der Waals surface area (Å²) in [6.45, 7) is 7.16. The summed E-state index contributed by atoms with van der Waals surface area (Å²) >= 11 is 1.50. The van der Waals surface area contributed by atoms with Crippen LogP contribution in [0.5, 0.6) is 5.75 Å². The molecule has 0 aliphatic rings. The molecule has 0 N–H and O–H groups in total. The molecule has 0 spiro atoms. The molecule has 0 saturated carbocycles. The van der Waals surface area contributed by atoms with Crippen LogP contribution in [0.2, 0.25) is 0 Å². The summed E-state index contributed by atoms with van der Waals surface area (Å²) in [5, 5.41) is 1.93. The molecule has 3 heteroatoms. The van der Waals surface area contributed by atoms with Crippen LogP contribution in [0.15, 0.2) is 41.8 Å². The third-order valence-electron chi connectivity index (χ3n) is 3.33. The highest BCUT2D eigenvalue weighted by Crippen LogP contribution is 2.24. The van der Waals surface area contributed by atoms with Crippen LogP contribution in [0.4, 0.5) is 0 Å². The second kappa shape index (κ2) is 6.90. The molecule has 1 heterocycles. The minimum atomic E-state index is 0.158. The van der Waals surface area contributed by atoms with E-state index in [1.807, 2.05) is 29.6 Å². The zero-order chi connectivity index (χ0) is 15.3. The molecule has 1 aromatic heterocycles. The first-order valence-electron chi connectivity index (χ1n) is 7.27. The summed E-state index contributed by atoms with van der Waals surface area (Å²) in [6, 6.07) is 12.0. The number of ketones is 1. The van der Waals surface area contributed by atoms with Gasteiger partial charge in [-0.05, 0) is 41.0 Å². The fourth-order valence-electron chi connectivity index (χ4n) is 2.03. The molecule has 0 aliphatic heterocycles. The molecule has 0 saturated heterocycles. The van der Waals surface area contributed by atoms with E-state index in [0.29, 0.717) is 13.0 Å². The van der Waals surface area contributed by atoms with Gasteiger partial charge in [-0.1, -0.05) is 39.0 Å². The number of carbonyl (C=O) groups excluding carboxylic acids is 1. The van der Waals surface area contributed by atoms with Gasteiger partial charge < -0.3 is 4.74 Å². The van der Waals surface area contributed by atoms with E-state index in [2.05, 4.69) is 32.9 Å². The summed E-state index contributed by atoms with van der Waals surface area (Å²) in [5.74, 6) is 1.07. The van der Waals surface area contributed by atoms with Crippen LogP contribution in [-0.4, -0.2) is 12.4 Å². The maximum Gasteiger partial charge on any atom is 0.172 e. The number of thiophene rings is 1. The van der Waals surface area contributed by atoms with Crippen LogP contribution < -0.4 is 4.74 Å². The first kappa shape index (κ1) is 15.8. The highest BCUT2D eigenvalue weighted by Gasteiger charge is 2.13. The fraction of sp³-hybridized carbons (Fsp3) is 0.389. The lowest BCUT2D eigenvalue weighted by atomic mass is 9.87. The smallest absolute Gasteiger partial charge is 0.172 e. The fourth-order valence-corrected chi connectivity index (χ4v) is 2.73. The van der Waals surface area contributed by atoms with Gasteiger partial charge in [0, 0.05) is 6.42 Å². The third-order valence-corrected chi connectivity index (χ3v) is 4.24. The van der Waals surface area contributed by atoms with Gasteiger partial charge in [0.1, 0.15) is 5.75 Å². The van der Waals surface area contributed by atoms with E-state index in [4.69, 9.17) is 4.74 Å². The lowest BCUT2D eigenvalue weighted by Gasteiger charge is -2.19. The van der Waals surface area contributed by atoms with E-state index in [-0.39, 0.29) is 11.2 Å². The molecule has 112 valence electrons. The molecule has 0 aliphatic carbocycles. The first-order chi connectivity index (χ1) is 9.97. The number of rotatable bonds is 6. The van der Waals surface area contributed by atoms with Gasteiger partial charge in [0.25, 0.3) is 0 Å². The van der Waals surface area contributed by atoms with Gasteiger partial charge in [0.2, 0.25) is 0 Å². The molecule has 2 nitrogen and oxygen atoms in total. The molecule has 0 radical (unpaired) electrons. The van der Waals surface area contributed by atoms with Crippen molar-refractivity contribution in [1.29, 1.82) is 0 Å². The number of benzene rings is 1. The van der Waals surface area contributed by atoms with Gasteiger partial charge in [-0.15, -0.1) is 11.3 Å². The van der Waals surface area contributed by atoms with E-state index in [0.717, 1.165) is 17.0 Å². The Bertz CT molecular complexity index is 562. The lowest BCUT2D eigenvalue weighted by molar-refractivity contribution is 0.0977. The van der Waals surface area contributed by atoms with Crippen molar-refractivity contribution in [2.24, 2.45) is 0 Å². The topological polar surface area (TPSA) is 26.3 Å². The average Bonchev–Trinajstić information content (AvgIpc) is 2.97. The quantitative estimate of drug-likeness (QED) is 0.549. The Morgan fingerprint density at radius 2 is 1.86 bits per heavy atom. The zero-order valence-corrected chi connectivity index (χ0v) is 13.7. The van der Waals surface area contributed by atoms with Gasteiger partial charge in [0.15, 0.2) is 5.78 Å². The number of Topliss-reactive ketones (excluding diaryl/α,β-unsaturated/α-hetero) is 1. The highest BCUT2D eigenvalue weighted by molar-refractivity contribution is 7.12. The van der Waals surface area contributed by atoms with Crippen LogP contribution in [0.25, 0.3) is 0 Å². The predicted molar refractivity (Wildman–Crippen MR) is 88.5 cm³/mol. The van der Waals surface area contributed by atoms with E-state index in [1.165, 1.54) is 16.9 Å². The zero-order valence-electron chi connectivity index (χ0n) is 12.9. The Kier molecular flexibility index (Phi) is 5.18. The Balaban J connectivity index is 1.75. The van der Waals surface area contributed by atoms with Crippen LogP contribution in [-0.2, 0) is 5.41 Å². The Labute approximate surface area is 130 Å².